The Balaban J connectivity index is 1.52. The summed E-state index contributed by atoms with van der Waals surface area (Å²) in [6, 6.07) is 10.8. The molecule has 94 valence electrons. The lowest BCUT2D eigenvalue weighted by Crippen LogP contribution is -1.99. The van der Waals surface area contributed by atoms with E-state index in [4.69, 9.17) is 4.74 Å². The van der Waals surface area contributed by atoms with E-state index in [0.29, 0.717) is 6.10 Å². The van der Waals surface area contributed by atoms with E-state index in [9.17, 15) is 0 Å². The summed E-state index contributed by atoms with van der Waals surface area (Å²) in [4.78, 5) is 0. The molecule has 1 aliphatic heterocycles. The van der Waals surface area contributed by atoms with Crippen molar-refractivity contribution in [1.29, 1.82) is 0 Å². The predicted octanol–water partition coefficient (Wildman–Crippen LogP) is 4.21. The van der Waals surface area contributed by atoms with Crippen LogP contribution in [0.5, 0.6) is 0 Å². The Bertz CT molecular complexity index is 303. The zero-order valence-corrected chi connectivity index (χ0v) is 10.9. The molecule has 0 radical (unpaired) electrons. The van der Waals surface area contributed by atoms with E-state index < -0.39 is 0 Å². The maximum absolute atomic E-state index is 5.22. The molecule has 1 fully saturated rings. The fourth-order valence-corrected chi connectivity index (χ4v) is 2.39. The third-order valence-electron chi connectivity index (χ3n) is 3.55. The van der Waals surface area contributed by atoms with Crippen molar-refractivity contribution in [1.82, 2.24) is 0 Å². The molecule has 1 aromatic rings. The Hall–Kier alpha value is -0.820. The van der Waals surface area contributed by atoms with Gasteiger partial charge in [0.15, 0.2) is 0 Å². The highest BCUT2D eigenvalue weighted by Gasteiger charge is 2.20. The van der Waals surface area contributed by atoms with Crippen LogP contribution in [0.1, 0.15) is 44.6 Å². The van der Waals surface area contributed by atoms with Crippen LogP contribution in [0.2, 0.25) is 0 Å². The predicted molar refractivity (Wildman–Crippen MR) is 72.1 cm³/mol. The van der Waals surface area contributed by atoms with Crippen molar-refractivity contribution in [2.75, 3.05) is 6.61 Å². The summed E-state index contributed by atoms with van der Waals surface area (Å²) in [6.45, 7) is 3.39. The first-order valence-electron chi connectivity index (χ1n) is 7.00. The Labute approximate surface area is 105 Å². The smallest absolute Gasteiger partial charge is 0.0810 e. The first kappa shape index (κ1) is 12.6. The molecule has 2 atom stereocenters. The number of rotatable bonds is 8. The molecule has 0 amide bonds. The molecular formula is C16H24O. The van der Waals surface area contributed by atoms with Gasteiger partial charge in [-0.3, -0.25) is 0 Å². The van der Waals surface area contributed by atoms with Gasteiger partial charge in [-0.05, 0) is 24.3 Å². The van der Waals surface area contributed by atoms with Crippen LogP contribution in [0.25, 0.3) is 0 Å². The van der Waals surface area contributed by atoms with E-state index in [-0.39, 0.29) is 0 Å². The largest absolute Gasteiger partial charge is 0.373 e. The molecule has 0 aromatic heterocycles. The molecule has 2 unspecified atom stereocenters. The third-order valence-corrected chi connectivity index (χ3v) is 3.55. The molecule has 0 bridgehead atoms. The molecule has 1 nitrogen and oxygen atoms in total. The third kappa shape index (κ3) is 5.36. The minimum Gasteiger partial charge on any atom is -0.373 e. The zero-order valence-electron chi connectivity index (χ0n) is 10.9. The summed E-state index contributed by atoms with van der Waals surface area (Å²) in [7, 11) is 0. The highest BCUT2D eigenvalue weighted by molar-refractivity contribution is 5.14. The molecule has 1 aromatic carbocycles. The van der Waals surface area contributed by atoms with Crippen molar-refractivity contribution in [2.45, 2.75) is 51.6 Å². The normalized spacial score (nSPS) is 20.2. The van der Waals surface area contributed by atoms with Crippen LogP contribution in [0.15, 0.2) is 30.3 Å². The minimum atomic E-state index is 0.622. The van der Waals surface area contributed by atoms with Crippen molar-refractivity contribution in [3.63, 3.8) is 0 Å². The van der Waals surface area contributed by atoms with Gasteiger partial charge >= 0.3 is 0 Å². The molecule has 1 heterocycles. The lowest BCUT2D eigenvalue weighted by Gasteiger charge is -2.11. The van der Waals surface area contributed by atoms with Crippen LogP contribution in [0.4, 0.5) is 0 Å². The lowest BCUT2D eigenvalue weighted by atomic mass is 9.95. The van der Waals surface area contributed by atoms with Crippen LogP contribution in [0.3, 0.4) is 0 Å². The molecule has 17 heavy (non-hydrogen) atoms. The van der Waals surface area contributed by atoms with Gasteiger partial charge in [0.2, 0.25) is 0 Å². The maximum atomic E-state index is 5.22. The van der Waals surface area contributed by atoms with Crippen LogP contribution < -0.4 is 0 Å². The van der Waals surface area contributed by atoms with Gasteiger partial charge in [-0.2, -0.15) is 0 Å². The molecule has 0 aliphatic carbocycles. The van der Waals surface area contributed by atoms with Crippen LogP contribution in [0, 0.1) is 5.92 Å². The number of hydrogen-bond donors (Lipinski definition) is 0. The molecule has 2 rings (SSSR count). The quantitative estimate of drug-likeness (QED) is 0.483. The van der Waals surface area contributed by atoms with E-state index in [1.54, 1.807) is 0 Å². The SMILES string of the molecule is CC(CCCCCC1CO1)Cc1ccccc1. The van der Waals surface area contributed by atoms with Gasteiger partial charge in [-0.1, -0.05) is 62.9 Å². The Morgan fingerprint density at radius 2 is 1.94 bits per heavy atom. The average Bonchev–Trinajstić information content (AvgIpc) is 3.14. The summed E-state index contributed by atoms with van der Waals surface area (Å²) in [5.41, 5.74) is 1.48. The van der Waals surface area contributed by atoms with Crippen molar-refractivity contribution in [3.05, 3.63) is 35.9 Å². The van der Waals surface area contributed by atoms with E-state index in [1.165, 1.54) is 44.1 Å². The van der Waals surface area contributed by atoms with Crippen molar-refractivity contribution < 1.29 is 4.74 Å². The molecule has 1 saturated heterocycles. The first-order valence-corrected chi connectivity index (χ1v) is 7.00. The summed E-state index contributed by atoms with van der Waals surface area (Å²) >= 11 is 0. The highest BCUT2D eigenvalue weighted by atomic mass is 16.6. The summed E-state index contributed by atoms with van der Waals surface area (Å²) in [5, 5.41) is 0. The summed E-state index contributed by atoms with van der Waals surface area (Å²) in [6.07, 6.45) is 8.60. The Morgan fingerprint density at radius 1 is 1.18 bits per heavy atom. The van der Waals surface area contributed by atoms with E-state index in [0.717, 1.165) is 12.5 Å². The first-order chi connectivity index (χ1) is 8.34. The van der Waals surface area contributed by atoms with Crippen LogP contribution >= 0.6 is 0 Å². The second-order valence-corrected chi connectivity index (χ2v) is 5.39. The van der Waals surface area contributed by atoms with Crippen LogP contribution in [-0.4, -0.2) is 12.7 Å². The van der Waals surface area contributed by atoms with Gasteiger partial charge in [-0.25, -0.2) is 0 Å². The molecule has 0 spiro atoms. The molecule has 0 N–H and O–H groups in total. The zero-order chi connectivity index (χ0) is 11.9. The standard InChI is InChI=1S/C16H24O/c1-14(12-15-9-5-3-6-10-15)8-4-2-7-11-16-13-17-16/h3,5-6,9-10,14,16H,2,4,7-8,11-13H2,1H3. The topological polar surface area (TPSA) is 12.5 Å². The van der Waals surface area contributed by atoms with Gasteiger partial charge in [0.25, 0.3) is 0 Å². The van der Waals surface area contributed by atoms with Gasteiger partial charge < -0.3 is 4.74 Å². The Morgan fingerprint density at radius 3 is 2.65 bits per heavy atom. The van der Waals surface area contributed by atoms with Crippen molar-refractivity contribution in [2.24, 2.45) is 5.92 Å². The number of benzene rings is 1. The maximum Gasteiger partial charge on any atom is 0.0810 e. The van der Waals surface area contributed by atoms with Gasteiger partial charge in [-0.15, -0.1) is 0 Å². The Kier molecular flexibility index (Phi) is 5.06. The summed E-state index contributed by atoms with van der Waals surface area (Å²) < 4.78 is 5.22. The molecule has 0 saturated carbocycles. The van der Waals surface area contributed by atoms with Crippen molar-refractivity contribution in [3.8, 4) is 0 Å². The lowest BCUT2D eigenvalue weighted by molar-refractivity contribution is 0.385. The number of hydrogen-bond acceptors (Lipinski definition) is 1. The van der Waals surface area contributed by atoms with Gasteiger partial charge in [0.1, 0.15) is 0 Å². The van der Waals surface area contributed by atoms with E-state index in [1.807, 2.05) is 0 Å². The van der Waals surface area contributed by atoms with E-state index in [2.05, 4.69) is 37.3 Å². The van der Waals surface area contributed by atoms with Crippen LogP contribution in [-0.2, 0) is 11.2 Å². The fourth-order valence-electron chi connectivity index (χ4n) is 2.39. The number of unbranched alkanes of at least 4 members (excludes halogenated alkanes) is 2. The fraction of sp³-hybridized carbons (Fsp3) is 0.625. The molecule has 1 heteroatoms. The second kappa shape index (κ2) is 6.80. The summed E-state index contributed by atoms with van der Waals surface area (Å²) in [5.74, 6) is 0.814. The van der Waals surface area contributed by atoms with Gasteiger partial charge in [0.05, 0.1) is 12.7 Å². The number of epoxide rings is 1. The van der Waals surface area contributed by atoms with Crippen molar-refractivity contribution >= 4 is 0 Å². The average molecular weight is 232 g/mol. The van der Waals surface area contributed by atoms with E-state index >= 15 is 0 Å². The molecular weight excluding hydrogens is 208 g/mol. The number of ether oxygens (including phenoxy) is 1. The minimum absolute atomic E-state index is 0.622. The second-order valence-electron chi connectivity index (χ2n) is 5.39. The monoisotopic (exact) mass is 232 g/mol. The molecule has 1 aliphatic rings. The highest BCUT2D eigenvalue weighted by Crippen LogP contribution is 2.19. The van der Waals surface area contributed by atoms with Gasteiger partial charge in [0, 0.05) is 0 Å².